The van der Waals surface area contributed by atoms with Crippen LogP contribution in [0.3, 0.4) is 0 Å². The van der Waals surface area contributed by atoms with Gasteiger partial charge < -0.3 is 54.7 Å². The van der Waals surface area contributed by atoms with Crippen LogP contribution in [0.4, 0.5) is 0 Å². The molecule has 15 atom stereocenters. The second-order valence-electron chi connectivity index (χ2n) is 16.2. The summed E-state index contributed by atoms with van der Waals surface area (Å²) >= 11 is 0. The Kier molecular flexibility index (Phi) is 15.5. The van der Waals surface area contributed by atoms with Crippen LogP contribution in [-0.2, 0) is 30.3 Å². The number of esters is 1. The van der Waals surface area contributed by atoms with Crippen molar-refractivity contribution in [2.75, 3.05) is 27.7 Å². The number of hydrogen-bond acceptors (Lipinski definition) is 12. The minimum atomic E-state index is -1.86. The highest BCUT2D eigenvalue weighted by Crippen LogP contribution is 2.43. The molecule has 0 radical (unpaired) electrons. The second-order valence-corrected chi connectivity index (χ2v) is 16.2. The van der Waals surface area contributed by atoms with Crippen LogP contribution in [0, 0.1) is 23.7 Å². The van der Waals surface area contributed by atoms with Crippen LogP contribution in [0.2, 0.25) is 0 Å². The summed E-state index contributed by atoms with van der Waals surface area (Å²) in [5.74, 6) is -4.10. The van der Waals surface area contributed by atoms with E-state index in [9.17, 15) is 30.3 Å². The van der Waals surface area contributed by atoms with Gasteiger partial charge in [-0.1, -0.05) is 51.1 Å². The van der Waals surface area contributed by atoms with E-state index in [1.807, 2.05) is 56.3 Å². The van der Waals surface area contributed by atoms with Gasteiger partial charge in [-0.25, -0.2) is 0 Å². The smallest absolute Gasteiger partial charge is 0.311 e. The highest BCUT2D eigenvalue weighted by atomic mass is 16.7. The first-order valence-corrected chi connectivity index (χ1v) is 18.7. The molecule has 0 saturated carbocycles. The number of carbonyl (C=O) groups is 1. The number of nitrogens with zero attached hydrogens (tertiary/aromatic N) is 1. The van der Waals surface area contributed by atoms with Gasteiger partial charge in [0.05, 0.1) is 41.5 Å². The predicted molar refractivity (Wildman–Crippen MR) is 195 cm³/mol. The Bertz CT molecular complexity index is 1220. The van der Waals surface area contributed by atoms with Gasteiger partial charge in [0.25, 0.3) is 0 Å². The molecule has 2 aliphatic heterocycles. The fourth-order valence-corrected chi connectivity index (χ4v) is 8.58. The molecule has 2 unspecified atom stereocenters. The van der Waals surface area contributed by atoms with Crippen molar-refractivity contribution < 1.29 is 49.3 Å². The SMILES string of the molecule is CC[C@H]1OC(=O)[C@H](C)[C@H](O)[C@@H](C)[C@@H](O[C@@H]2O[C@H](C)C[C@H](N(C)C)[C@H]2O)[C@](C)(OC)C[C@@H](C)C(O)C(C)(O)[C@H](CCNCc2ccccc2)[C@]1(C)O. The average molecular weight is 725 g/mol. The van der Waals surface area contributed by atoms with Crippen LogP contribution >= 0.6 is 0 Å². The first-order valence-electron chi connectivity index (χ1n) is 18.7. The summed E-state index contributed by atoms with van der Waals surface area (Å²) in [4.78, 5) is 15.7. The summed E-state index contributed by atoms with van der Waals surface area (Å²) < 4.78 is 24.9. The molecule has 51 heavy (non-hydrogen) atoms. The lowest BCUT2D eigenvalue weighted by atomic mass is 9.66. The molecule has 12 heteroatoms. The fourth-order valence-electron chi connectivity index (χ4n) is 8.58. The number of rotatable bonds is 10. The molecule has 2 aliphatic rings. The van der Waals surface area contributed by atoms with Crippen LogP contribution in [0.1, 0.15) is 86.6 Å². The summed E-state index contributed by atoms with van der Waals surface area (Å²) in [6, 6.07) is 9.60. The van der Waals surface area contributed by atoms with Gasteiger partial charge in [0.15, 0.2) is 6.29 Å². The Morgan fingerprint density at radius 3 is 2.18 bits per heavy atom. The van der Waals surface area contributed by atoms with Crippen molar-refractivity contribution >= 4 is 5.97 Å². The van der Waals surface area contributed by atoms with Gasteiger partial charge >= 0.3 is 5.97 Å². The lowest BCUT2D eigenvalue weighted by molar-refractivity contribution is -0.303. The van der Waals surface area contributed by atoms with Crippen LogP contribution in [0.15, 0.2) is 30.3 Å². The molecular weight excluding hydrogens is 656 g/mol. The van der Waals surface area contributed by atoms with Crippen LogP contribution < -0.4 is 5.32 Å². The van der Waals surface area contributed by atoms with Crippen molar-refractivity contribution in [1.29, 1.82) is 0 Å². The third kappa shape index (κ3) is 10.1. The third-order valence-corrected chi connectivity index (χ3v) is 11.9. The predicted octanol–water partition coefficient (Wildman–Crippen LogP) is 2.86. The molecule has 0 aromatic heterocycles. The van der Waals surface area contributed by atoms with E-state index in [-0.39, 0.29) is 31.4 Å². The third-order valence-electron chi connectivity index (χ3n) is 11.9. The number of cyclic esters (lactones) is 1. The quantitative estimate of drug-likeness (QED) is 0.154. The van der Waals surface area contributed by atoms with Gasteiger partial charge in [-0.2, -0.15) is 0 Å². The zero-order valence-electron chi connectivity index (χ0n) is 32.8. The molecule has 0 bridgehead atoms. The Balaban J connectivity index is 2.06. The number of aliphatic hydroxyl groups is 5. The molecule has 12 nitrogen and oxygen atoms in total. The number of carbonyl (C=O) groups excluding carboxylic acids is 1. The van der Waals surface area contributed by atoms with Crippen LogP contribution in [0.5, 0.6) is 0 Å². The molecule has 2 saturated heterocycles. The highest BCUT2D eigenvalue weighted by molar-refractivity contribution is 5.73. The van der Waals surface area contributed by atoms with E-state index in [1.165, 1.54) is 14.0 Å². The molecule has 6 N–H and O–H groups in total. The summed E-state index contributed by atoms with van der Waals surface area (Å²) in [5.41, 5.74) is -3.77. The molecule has 3 rings (SSSR count). The number of aliphatic hydroxyl groups excluding tert-OH is 3. The van der Waals surface area contributed by atoms with E-state index in [1.54, 1.807) is 41.5 Å². The normalized spacial score (nSPS) is 43.4. The highest BCUT2D eigenvalue weighted by Gasteiger charge is 2.56. The maximum Gasteiger partial charge on any atom is 0.311 e. The maximum absolute atomic E-state index is 13.8. The Hall–Kier alpha value is -1.71. The fraction of sp³-hybridized carbons (Fsp3) is 0.821. The first kappa shape index (κ1) is 43.7. The van der Waals surface area contributed by atoms with Gasteiger partial charge in [0.2, 0.25) is 0 Å². The first-order chi connectivity index (χ1) is 23.7. The molecule has 0 spiro atoms. The number of ether oxygens (including phenoxy) is 4. The van der Waals surface area contributed by atoms with Gasteiger partial charge in [-0.05, 0) is 92.4 Å². The zero-order valence-corrected chi connectivity index (χ0v) is 32.8. The number of methoxy groups -OCH3 is 1. The van der Waals surface area contributed by atoms with Crippen molar-refractivity contribution in [2.24, 2.45) is 23.7 Å². The molecule has 294 valence electrons. The van der Waals surface area contributed by atoms with Gasteiger partial charge in [-0.3, -0.25) is 4.79 Å². The van der Waals surface area contributed by atoms with Crippen LogP contribution in [0.25, 0.3) is 0 Å². The largest absolute Gasteiger partial charge is 0.459 e. The minimum Gasteiger partial charge on any atom is -0.459 e. The Morgan fingerprint density at radius 1 is 0.980 bits per heavy atom. The van der Waals surface area contributed by atoms with Crippen LogP contribution in [-0.4, -0.2) is 130 Å². The molecular formula is C39H68N2O10. The monoisotopic (exact) mass is 724 g/mol. The van der Waals surface area contributed by atoms with E-state index in [2.05, 4.69) is 5.32 Å². The van der Waals surface area contributed by atoms with Crippen molar-refractivity contribution in [2.45, 2.75) is 153 Å². The Labute approximate surface area is 305 Å². The minimum absolute atomic E-state index is 0.148. The van der Waals surface area contributed by atoms with E-state index in [0.29, 0.717) is 19.5 Å². The van der Waals surface area contributed by atoms with Crippen molar-refractivity contribution in [1.82, 2.24) is 10.2 Å². The maximum atomic E-state index is 13.8. The summed E-state index contributed by atoms with van der Waals surface area (Å²) in [5, 5.41) is 63.1. The Morgan fingerprint density at radius 2 is 1.61 bits per heavy atom. The zero-order chi connectivity index (χ0) is 38.5. The van der Waals surface area contributed by atoms with E-state index < -0.39 is 83.3 Å². The lowest BCUT2D eigenvalue weighted by Gasteiger charge is -2.51. The molecule has 2 heterocycles. The van der Waals surface area contributed by atoms with Gasteiger partial charge in [0, 0.05) is 31.5 Å². The average Bonchev–Trinajstić information content (AvgIpc) is 3.08. The lowest BCUT2D eigenvalue weighted by Crippen LogP contribution is -2.63. The molecule has 2 fully saturated rings. The van der Waals surface area contributed by atoms with Gasteiger partial charge in [-0.15, -0.1) is 0 Å². The van der Waals surface area contributed by atoms with E-state index in [0.717, 1.165) is 5.56 Å². The molecule has 0 aliphatic carbocycles. The summed E-state index contributed by atoms with van der Waals surface area (Å²) in [6.07, 6.45) is -5.80. The second kappa shape index (κ2) is 18.1. The molecule has 0 amide bonds. The van der Waals surface area contributed by atoms with E-state index >= 15 is 0 Å². The van der Waals surface area contributed by atoms with Gasteiger partial charge in [0.1, 0.15) is 17.8 Å². The topological polar surface area (TPSA) is 170 Å². The summed E-state index contributed by atoms with van der Waals surface area (Å²) in [6.45, 7) is 14.6. The van der Waals surface area contributed by atoms with E-state index in [4.69, 9.17) is 18.9 Å². The van der Waals surface area contributed by atoms with Crippen molar-refractivity contribution in [3.63, 3.8) is 0 Å². The van der Waals surface area contributed by atoms with Crippen molar-refractivity contribution in [3.05, 3.63) is 35.9 Å². The number of hydrogen-bond donors (Lipinski definition) is 6. The summed E-state index contributed by atoms with van der Waals surface area (Å²) in [7, 11) is 5.27. The van der Waals surface area contributed by atoms with Crippen molar-refractivity contribution in [3.8, 4) is 0 Å². The number of nitrogens with one attached hydrogen (secondary N) is 1. The number of likely N-dealkylation sites (N-methyl/N-ethyl adjacent to an activating group) is 1. The molecule has 1 aromatic carbocycles. The number of benzene rings is 1. The molecule has 1 aromatic rings. The standard InChI is InChI=1S/C39H68N2O10/c1-12-30-38(7,46)29(18-19-40-22-27-16-14-13-15-17-27)39(8,47)33(44)23(2)21-37(6,48-11)34(25(4)31(42)26(5)35(45)50-30)51-36-32(43)28(41(9)10)20-24(3)49-36/h13-17,23-26,28-34,36,40,42-44,46-47H,12,18-22H2,1-11H3/t23-,24-,25-,26-,28+,29-,30-,31-,32-,33?,34-,36+,37-,38+,39?/m1/s1.